The van der Waals surface area contributed by atoms with Crippen LogP contribution in [0.5, 0.6) is 5.75 Å². The van der Waals surface area contributed by atoms with Crippen LogP contribution in [-0.4, -0.2) is 25.7 Å². The van der Waals surface area contributed by atoms with Crippen molar-refractivity contribution in [3.05, 3.63) is 65.7 Å². The van der Waals surface area contributed by atoms with Gasteiger partial charge in [0.25, 0.3) is 0 Å². The minimum Gasteiger partial charge on any atom is -0.484 e. The van der Waals surface area contributed by atoms with Gasteiger partial charge >= 0.3 is 0 Å². The summed E-state index contributed by atoms with van der Waals surface area (Å²) in [6.07, 6.45) is 5.17. The van der Waals surface area contributed by atoms with Crippen LogP contribution in [0.4, 0.5) is 0 Å². The maximum Gasteiger partial charge on any atom is 0.239 e. The number of nitrogens with two attached hydrogens (primary N) is 1. The van der Waals surface area contributed by atoms with Crippen LogP contribution in [0.25, 0.3) is 0 Å². The molecule has 148 valence electrons. The predicted octanol–water partition coefficient (Wildman–Crippen LogP) is 5.25. The Morgan fingerprint density at radius 2 is 1.63 bits per heavy atom. The third-order valence-electron chi connectivity index (χ3n) is 4.42. The van der Waals surface area contributed by atoms with Crippen LogP contribution in [0.1, 0.15) is 37.3 Å². The number of hydrogen-bond acceptors (Lipinski definition) is 4. The molecule has 0 bridgehead atoms. The van der Waals surface area contributed by atoms with Gasteiger partial charge in [-0.1, -0.05) is 55.8 Å². The van der Waals surface area contributed by atoms with E-state index in [2.05, 4.69) is 19.1 Å². The molecule has 0 aliphatic rings. The van der Waals surface area contributed by atoms with Crippen LogP contribution >= 0.6 is 7.37 Å². The first-order valence-electron chi connectivity index (χ1n) is 9.83. The van der Waals surface area contributed by atoms with E-state index in [1.807, 2.05) is 42.5 Å². The van der Waals surface area contributed by atoms with Gasteiger partial charge in [-0.05, 0) is 55.5 Å². The fraction of sp³-hybridized carbons (Fsp3) is 0.455. The minimum atomic E-state index is -2.82. The molecular weight excluding hydrogens is 357 g/mol. The Morgan fingerprint density at radius 3 is 2.30 bits per heavy atom. The maximum absolute atomic E-state index is 13.3. The molecule has 2 rings (SSSR count). The Labute approximate surface area is 163 Å². The summed E-state index contributed by atoms with van der Waals surface area (Å²) in [5, 5.41) is 0. The Bertz CT molecular complexity index is 688. The molecule has 0 aromatic heterocycles. The zero-order valence-corrected chi connectivity index (χ0v) is 17.2. The standard InChI is InChI=1S/C22H32NO3P/c1-2-3-17-26-27(24,18-7-10-20-8-5-4-6-9-20)19-25-22-13-11-21(12-14-22)15-16-23/h4-6,8-9,11-14H,2-3,7,10,15-19,23H2,1H3. The molecule has 2 aromatic carbocycles. The molecule has 0 saturated heterocycles. The average molecular weight is 389 g/mol. The van der Waals surface area contributed by atoms with Gasteiger partial charge in [-0.3, -0.25) is 4.57 Å². The van der Waals surface area contributed by atoms with Crippen molar-refractivity contribution in [1.82, 2.24) is 0 Å². The summed E-state index contributed by atoms with van der Waals surface area (Å²) in [5.41, 5.74) is 8.01. The summed E-state index contributed by atoms with van der Waals surface area (Å²) >= 11 is 0. The molecule has 4 nitrogen and oxygen atoms in total. The van der Waals surface area contributed by atoms with E-state index in [0.717, 1.165) is 37.9 Å². The van der Waals surface area contributed by atoms with Crippen molar-refractivity contribution in [2.45, 2.75) is 39.0 Å². The van der Waals surface area contributed by atoms with Gasteiger partial charge in [-0.15, -0.1) is 0 Å². The van der Waals surface area contributed by atoms with Crippen molar-refractivity contribution in [2.75, 3.05) is 25.7 Å². The van der Waals surface area contributed by atoms with Gasteiger partial charge in [0.1, 0.15) is 5.75 Å². The first kappa shape index (κ1) is 21.7. The largest absolute Gasteiger partial charge is 0.484 e. The lowest BCUT2D eigenvalue weighted by Gasteiger charge is -2.19. The molecule has 0 fully saturated rings. The molecule has 5 heteroatoms. The van der Waals surface area contributed by atoms with Crippen LogP contribution < -0.4 is 10.5 Å². The van der Waals surface area contributed by atoms with Crippen LogP contribution in [-0.2, 0) is 21.9 Å². The number of ether oxygens (including phenoxy) is 1. The van der Waals surface area contributed by atoms with Gasteiger partial charge < -0.3 is 15.0 Å². The SMILES string of the molecule is CCCCOP(=O)(CCCc1ccccc1)COc1ccc(CCN)cc1. The molecule has 1 atom stereocenters. The Balaban J connectivity index is 1.89. The summed E-state index contributed by atoms with van der Waals surface area (Å²) < 4.78 is 24.9. The first-order chi connectivity index (χ1) is 13.1. The second-order valence-corrected chi connectivity index (χ2v) is 9.36. The normalized spacial score (nSPS) is 13.3. The highest BCUT2D eigenvalue weighted by molar-refractivity contribution is 7.58. The van der Waals surface area contributed by atoms with E-state index in [1.165, 1.54) is 11.1 Å². The Hall–Kier alpha value is -1.61. The highest BCUT2D eigenvalue weighted by Crippen LogP contribution is 2.48. The molecule has 0 amide bonds. The van der Waals surface area contributed by atoms with Crippen molar-refractivity contribution in [2.24, 2.45) is 5.73 Å². The molecule has 0 radical (unpaired) electrons. The molecule has 2 N–H and O–H groups in total. The van der Waals surface area contributed by atoms with E-state index in [4.69, 9.17) is 15.0 Å². The van der Waals surface area contributed by atoms with E-state index >= 15 is 0 Å². The Kier molecular flexibility index (Phi) is 9.61. The van der Waals surface area contributed by atoms with Crippen LogP contribution in [0, 0.1) is 0 Å². The van der Waals surface area contributed by atoms with Gasteiger partial charge in [-0.2, -0.15) is 0 Å². The number of rotatable bonds is 13. The van der Waals surface area contributed by atoms with E-state index in [1.54, 1.807) is 0 Å². The third-order valence-corrected chi connectivity index (χ3v) is 6.59. The molecule has 27 heavy (non-hydrogen) atoms. The van der Waals surface area contributed by atoms with Crippen LogP contribution in [0.15, 0.2) is 54.6 Å². The highest BCUT2D eigenvalue weighted by Gasteiger charge is 2.24. The van der Waals surface area contributed by atoms with E-state index in [0.29, 0.717) is 19.3 Å². The molecule has 0 heterocycles. The molecule has 0 aliphatic carbocycles. The summed E-state index contributed by atoms with van der Waals surface area (Å²) in [6.45, 7) is 3.25. The number of unbranched alkanes of at least 4 members (excludes halogenated alkanes) is 1. The molecule has 0 aliphatic heterocycles. The van der Waals surface area contributed by atoms with Gasteiger partial charge in [0.2, 0.25) is 7.37 Å². The van der Waals surface area contributed by atoms with Crippen molar-refractivity contribution < 1.29 is 13.8 Å². The molecule has 0 saturated carbocycles. The number of benzene rings is 2. The van der Waals surface area contributed by atoms with E-state index in [9.17, 15) is 4.57 Å². The van der Waals surface area contributed by atoms with Crippen molar-refractivity contribution in [1.29, 1.82) is 0 Å². The van der Waals surface area contributed by atoms with Gasteiger partial charge in [0.15, 0.2) is 6.35 Å². The fourth-order valence-electron chi connectivity index (χ4n) is 2.80. The van der Waals surface area contributed by atoms with Crippen molar-refractivity contribution in [3.8, 4) is 5.75 Å². The molecular formula is C22H32NO3P. The Morgan fingerprint density at radius 1 is 0.926 bits per heavy atom. The lowest BCUT2D eigenvalue weighted by molar-refractivity contribution is 0.276. The van der Waals surface area contributed by atoms with Crippen molar-refractivity contribution in [3.63, 3.8) is 0 Å². The highest BCUT2D eigenvalue weighted by atomic mass is 31.2. The zero-order valence-electron chi connectivity index (χ0n) is 16.3. The summed E-state index contributed by atoms with van der Waals surface area (Å²) in [5.74, 6) is 0.721. The molecule has 2 aromatic rings. The van der Waals surface area contributed by atoms with Crippen LogP contribution in [0.2, 0.25) is 0 Å². The summed E-state index contributed by atoms with van der Waals surface area (Å²) in [7, 11) is -2.82. The zero-order chi connectivity index (χ0) is 19.4. The van der Waals surface area contributed by atoms with Crippen molar-refractivity contribution >= 4 is 7.37 Å². The monoisotopic (exact) mass is 389 g/mol. The minimum absolute atomic E-state index is 0.127. The van der Waals surface area contributed by atoms with E-state index < -0.39 is 7.37 Å². The third kappa shape index (κ3) is 8.30. The van der Waals surface area contributed by atoms with Crippen LogP contribution in [0.3, 0.4) is 0 Å². The smallest absolute Gasteiger partial charge is 0.239 e. The van der Waals surface area contributed by atoms with Gasteiger partial charge in [0.05, 0.1) is 6.61 Å². The van der Waals surface area contributed by atoms with Gasteiger partial charge in [-0.25, -0.2) is 0 Å². The number of aryl methyl sites for hydroxylation is 1. The predicted molar refractivity (Wildman–Crippen MR) is 113 cm³/mol. The topological polar surface area (TPSA) is 61.5 Å². The maximum atomic E-state index is 13.3. The fourth-order valence-corrected chi connectivity index (χ4v) is 4.58. The quantitative estimate of drug-likeness (QED) is 0.375. The lowest BCUT2D eigenvalue weighted by atomic mass is 10.1. The summed E-state index contributed by atoms with van der Waals surface area (Å²) in [6, 6.07) is 18.1. The molecule has 0 spiro atoms. The second-order valence-electron chi connectivity index (χ2n) is 6.77. The first-order valence-corrected chi connectivity index (χ1v) is 11.8. The number of hydrogen-bond donors (Lipinski definition) is 1. The lowest BCUT2D eigenvalue weighted by Crippen LogP contribution is -2.08. The van der Waals surface area contributed by atoms with Gasteiger partial charge in [0, 0.05) is 6.16 Å². The summed E-state index contributed by atoms with van der Waals surface area (Å²) in [4.78, 5) is 0. The average Bonchev–Trinajstić information content (AvgIpc) is 2.69. The molecule has 1 unspecified atom stereocenters. The van der Waals surface area contributed by atoms with E-state index in [-0.39, 0.29) is 6.35 Å². The second kappa shape index (κ2) is 12.0.